The van der Waals surface area contributed by atoms with Gasteiger partial charge in [-0.2, -0.15) is 13.2 Å². The summed E-state index contributed by atoms with van der Waals surface area (Å²) in [6, 6.07) is 11.3. The molecule has 3 aliphatic rings. The van der Waals surface area contributed by atoms with Gasteiger partial charge in [0.2, 0.25) is 10.0 Å². The van der Waals surface area contributed by atoms with Crippen LogP contribution in [0.2, 0.25) is 0 Å². The number of nitrogens with zero attached hydrogens (tertiary/aromatic N) is 2. The first-order valence-corrected chi connectivity index (χ1v) is 12.0. The van der Waals surface area contributed by atoms with E-state index in [-0.39, 0.29) is 12.1 Å². The van der Waals surface area contributed by atoms with E-state index in [1.807, 2.05) is 24.3 Å². The van der Waals surface area contributed by atoms with Crippen LogP contribution in [-0.2, 0) is 21.4 Å². The van der Waals surface area contributed by atoms with Crippen LogP contribution >= 0.6 is 0 Å². The molecule has 1 saturated heterocycles. The molecule has 5 rings (SSSR count). The number of carboxylic acid groups (broad SMARTS) is 1. The summed E-state index contributed by atoms with van der Waals surface area (Å²) in [5, 5.41) is 7.12. The van der Waals surface area contributed by atoms with Crippen LogP contribution in [0.1, 0.15) is 18.6 Å². The van der Waals surface area contributed by atoms with Crippen LogP contribution in [0, 0.1) is 5.92 Å². The van der Waals surface area contributed by atoms with Gasteiger partial charge in [0.1, 0.15) is 10.7 Å². The zero-order valence-corrected chi connectivity index (χ0v) is 18.3. The summed E-state index contributed by atoms with van der Waals surface area (Å²) in [6.45, 7) is 3.17. The Morgan fingerprint density at radius 3 is 2.45 bits per heavy atom. The molecular formula is C21H24F3N3O5S. The number of halogens is 3. The van der Waals surface area contributed by atoms with Gasteiger partial charge in [0, 0.05) is 19.6 Å². The monoisotopic (exact) mass is 487 g/mol. The average molecular weight is 488 g/mol. The molecule has 33 heavy (non-hydrogen) atoms. The summed E-state index contributed by atoms with van der Waals surface area (Å²) in [5.41, 5.74) is 0.847. The van der Waals surface area contributed by atoms with Crippen LogP contribution in [0.15, 0.2) is 52.0 Å². The largest absolute Gasteiger partial charge is 0.490 e. The van der Waals surface area contributed by atoms with Gasteiger partial charge in [-0.15, -0.1) is 0 Å². The van der Waals surface area contributed by atoms with E-state index in [9.17, 15) is 21.6 Å². The Bertz CT molecular complexity index is 1090. The molecule has 0 bridgehead atoms. The second-order valence-corrected chi connectivity index (χ2v) is 10.1. The first-order valence-electron chi connectivity index (χ1n) is 10.5. The van der Waals surface area contributed by atoms with Gasteiger partial charge >= 0.3 is 12.1 Å². The molecule has 2 aliphatic heterocycles. The van der Waals surface area contributed by atoms with Crippen molar-refractivity contribution >= 4 is 21.7 Å². The number of alkyl halides is 3. The number of carbonyl (C=O) groups is 1. The minimum Gasteiger partial charge on any atom is -0.475 e. The van der Waals surface area contributed by atoms with Crippen molar-refractivity contribution in [2.75, 3.05) is 24.5 Å². The highest BCUT2D eigenvalue weighted by molar-refractivity contribution is 7.89. The number of hydrogen-bond acceptors (Lipinski definition) is 6. The summed E-state index contributed by atoms with van der Waals surface area (Å²) in [6.07, 6.45) is -0.916. The molecule has 3 heterocycles. The number of likely N-dealkylation sites (tertiary alicyclic amines) is 1. The Morgan fingerprint density at radius 2 is 1.85 bits per heavy atom. The Kier molecular flexibility index (Phi) is 6.43. The molecule has 1 aromatic carbocycles. The molecule has 2 fully saturated rings. The number of fused-ring (bicyclic) bond motifs is 2. The van der Waals surface area contributed by atoms with Crippen molar-refractivity contribution in [3.63, 3.8) is 0 Å². The summed E-state index contributed by atoms with van der Waals surface area (Å²) >= 11 is 0. The minimum atomic E-state index is -5.08. The fourth-order valence-electron chi connectivity index (χ4n) is 4.23. The third-order valence-electron chi connectivity index (χ3n) is 5.89. The lowest BCUT2D eigenvalue weighted by Crippen LogP contribution is -2.49. The van der Waals surface area contributed by atoms with E-state index >= 15 is 0 Å². The predicted octanol–water partition coefficient (Wildman–Crippen LogP) is 2.67. The number of carboxylic acids is 1. The molecule has 1 aliphatic carbocycles. The van der Waals surface area contributed by atoms with E-state index in [0.717, 1.165) is 24.5 Å². The third-order valence-corrected chi connectivity index (χ3v) is 7.43. The van der Waals surface area contributed by atoms with E-state index in [0.29, 0.717) is 23.9 Å². The molecule has 2 unspecified atom stereocenters. The van der Waals surface area contributed by atoms with Gasteiger partial charge in [0.15, 0.2) is 0 Å². The summed E-state index contributed by atoms with van der Waals surface area (Å²) in [7, 11) is -3.51. The maximum atomic E-state index is 12.9. The number of anilines is 1. The molecule has 0 radical (unpaired) electrons. The van der Waals surface area contributed by atoms with Crippen molar-refractivity contribution < 1.29 is 35.9 Å². The number of furan rings is 1. The lowest BCUT2D eigenvalue weighted by Gasteiger charge is -2.32. The molecule has 2 N–H and O–H groups in total. The van der Waals surface area contributed by atoms with Crippen molar-refractivity contribution in [2.24, 2.45) is 5.92 Å². The van der Waals surface area contributed by atoms with Crippen molar-refractivity contribution in [1.82, 2.24) is 9.62 Å². The van der Waals surface area contributed by atoms with E-state index in [1.165, 1.54) is 12.8 Å². The van der Waals surface area contributed by atoms with Crippen LogP contribution in [0.4, 0.5) is 18.9 Å². The Balaban J connectivity index is 0.000000325. The van der Waals surface area contributed by atoms with E-state index < -0.39 is 22.2 Å². The fraction of sp³-hybridized carbons (Fsp3) is 0.476. The van der Waals surface area contributed by atoms with Crippen molar-refractivity contribution in [1.29, 1.82) is 0 Å². The quantitative estimate of drug-likeness (QED) is 0.684. The average Bonchev–Trinajstić information content (AvgIpc) is 3.28. The van der Waals surface area contributed by atoms with Crippen LogP contribution in [-0.4, -0.2) is 62.3 Å². The Morgan fingerprint density at radius 1 is 1.15 bits per heavy atom. The standard InChI is InChI=1S/C19H23N3O3S.C2HF3O2/c23-26(24)19-6-2-1-5-17(19)22(10-14-7-8-14)18-13-21(12-16(18)20-26)11-15-4-3-9-25-15;3-2(4,5)1(6)7/h1-6,9,14,16,18,20H,7-8,10-13H2;(H,6,7). The number of aliphatic carboxylic acids is 1. The third kappa shape index (κ3) is 5.50. The zero-order valence-electron chi connectivity index (χ0n) is 17.5. The van der Waals surface area contributed by atoms with Gasteiger partial charge in [-0.1, -0.05) is 12.1 Å². The maximum Gasteiger partial charge on any atom is 0.490 e. The number of nitrogens with one attached hydrogen (secondary N) is 1. The topological polar surface area (TPSA) is 103 Å². The Hall–Kier alpha value is -2.57. The van der Waals surface area contributed by atoms with Crippen LogP contribution in [0.5, 0.6) is 0 Å². The molecule has 1 aromatic heterocycles. The van der Waals surface area contributed by atoms with Gasteiger partial charge in [0.25, 0.3) is 0 Å². The molecular weight excluding hydrogens is 463 g/mol. The number of rotatable bonds is 4. The van der Waals surface area contributed by atoms with Gasteiger partial charge in [-0.05, 0) is 43.0 Å². The highest BCUT2D eigenvalue weighted by Gasteiger charge is 2.44. The summed E-state index contributed by atoms with van der Waals surface area (Å²) in [4.78, 5) is 13.9. The van der Waals surface area contributed by atoms with Crippen LogP contribution in [0.3, 0.4) is 0 Å². The highest BCUT2D eigenvalue weighted by Crippen LogP contribution is 2.38. The number of hydrogen-bond donors (Lipinski definition) is 2. The van der Waals surface area contributed by atoms with Crippen molar-refractivity contribution in [3.8, 4) is 0 Å². The maximum absolute atomic E-state index is 12.9. The second-order valence-electron chi connectivity index (χ2n) is 8.43. The van der Waals surface area contributed by atoms with E-state index in [1.54, 1.807) is 18.4 Å². The van der Waals surface area contributed by atoms with Crippen molar-refractivity contribution in [3.05, 3.63) is 48.4 Å². The minimum absolute atomic E-state index is 0.110. The van der Waals surface area contributed by atoms with Crippen molar-refractivity contribution in [2.45, 2.75) is 42.5 Å². The predicted molar refractivity (Wildman–Crippen MR) is 112 cm³/mol. The molecule has 1 saturated carbocycles. The van der Waals surface area contributed by atoms with Gasteiger partial charge in [-0.3, -0.25) is 4.90 Å². The molecule has 0 spiro atoms. The molecule has 2 atom stereocenters. The molecule has 2 aromatic rings. The summed E-state index contributed by atoms with van der Waals surface area (Å²) in [5.74, 6) is -1.16. The fourth-order valence-corrected chi connectivity index (χ4v) is 5.70. The first kappa shape index (κ1) is 23.6. The molecule has 180 valence electrons. The van der Waals surface area contributed by atoms with Gasteiger partial charge in [0.05, 0.1) is 30.6 Å². The highest BCUT2D eigenvalue weighted by atomic mass is 32.2. The normalized spacial score (nSPS) is 24.3. The van der Waals surface area contributed by atoms with E-state index in [2.05, 4.69) is 14.5 Å². The molecule has 0 amide bonds. The zero-order chi connectivity index (χ0) is 23.8. The first-order chi connectivity index (χ1) is 15.5. The molecule has 8 nitrogen and oxygen atoms in total. The second kappa shape index (κ2) is 8.99. The van der Waals surface area contributed by atoms with Crippen LogP contribution < -0.4 is 9.62 Å². The number of para-hydroxylation sites is 1. The SMILES string of the molecule is O=C(O)C(F)(F)F.O=S1(=O)NC2CN(Cc3ccco3)CC2N(CC2CC2)c2ccccc21. The summed E-state index contributed by atoms with van der Waals surface area (Å²) < 4.78 is 66.0. The van der Waals surface area contributed by atoms with Gasteiger partial charge < -0.3 is 14.4 Å². The molecule has 12 heteroatoms. The lowest BCUT2D eigenvalue weighted by atomic mass is 10.1. The number of benzene rings is 1. The smallest absolute Gasteiger partial charge is 0.475 e. The van der Waals surface area contributed by atoms with Gasteiger partial charge in [-0.25, -0.2) is 17.9 Å². The Labute approximate surface area is 189 Å². The lowest BCUT2D eigenvalue weighted by molar-refractivity contribution is -0.192. The van der Waals surface area contributed by atoms with Crippen LogP contribution in [0.25, 0.3) is 0 Å². The number of sulfonamides is 1. The van der Waals surface area contributed by atoms with E-state index in [4.69, 9.17) is 14.3 Å².